The van der Waals surface area contributed by atoms with E-state index in [0.29, 0.717) is 15.1 Å². The first-order valence-electron chi connectivity index (χ1n) is 4.98. The molecule has 0 aliphatic heterocycles. The van der Waals surface area contributed by atoms with Gasteiger partial charge in [-0.05, 0) is 43.5 Å². The van der Waals surface area contributed by atoms with Gasteiger partial charge in [-0.25, -0.2) is 0 Å². The van der Waals surface area contributed by atoms with Crippen molar-refractivity contribution in [1.82, 2.24) is 0 Å². The van der Waals surface area contributed by atoms with Crippen LogP contribution in [0, 0.1) is 0 Å². The predicted molar refractivity (Wildman–Crippen MR) is 68.1 cm³/mol. The van der Waals surface area contributed by atoms with Crippen LogP contribution >= 0.6 is 34.8 Å². The van der Waals surface area contributed by atoms with Crippen LogP contribution in [0.25, 0.3) is 0 Å². The summed E-state index contributed by atoms with van der Waals surface area (Å²) < 4.78 is 0. The Hall–Kier alpha value is 0.0500. The molecule has 1 aromatic carbocycles. The lowest BCUT2D eigenvalue weighted by Gasteiger charge is -2.07. The fraction of sp³-hybridized carbons (Fsp3) is 0.455. The van der Waals surface area contributed by atoms with Crippen LogP contribution in [0.3, 0.4) is 0 Å². The van der Waals surface area contributed by atoms with Crippen molar-refractivity contribution in [3.05, 3.63) is 32.8 Å². The van der Waals surface area contributed by atoms with Crippen molar-refractivity contribution in [1.29, 1.82) is 0 Å². The van der Waals surface area contributed by atoms with E-state index in [1.807, 2.05) is 0 Å². The molecular formula is C11H14Cl3N. The van der Waals surface area contributed by atoms with Crippen LogP contribution < -0.4 is 5.73 Å². The minimum Gasteiger partial charge on any atom is -0.330 e. The Bertz CT molecular complexity index is 303. The van der Waals surface area contributed by atoms with Gasteiger partial charge in [0.25, 0.3) is 0 Å². The molecule has 0 aliphatic rings. The summed E-state index contributed by atoms with van der Waals surface area (Å²) in [5.74, 6) is 0. The molecule has 1 rings (SSSR count). The normalized spacial score (nSPS) is 10.7. The Balaban J connectivity index is 2.60. The number of hydrogen-bond acceptors (Lipinski definition) is 1. The molecule has 0 heterocycles. The van der Waals surface area contributed by atoms with Crippen molar-refractivity contribution in [3.63, 3.8) is 0 Å². The van der Waals surface area contributed by atoms with Gasteiger partial charge >= 0.3 is 0 Å². The van der Waals surface area contributed by atoms with Crippen LogP contribution in [-0.4, -0.2) is 6.54 Å². The highest BCUT2D eigenvalue weighted by Gasteiger charge is 2.07. The lowest BCUT2D eigenvalue weighted by molar-refractivity contribution is 0.687. The van der Waals surface area contributed by atoms with E-state index in [4.69, 9.17) is 40.5 Å². The number of halogens is 3. The maximum absolute atomic E-state index is 6.05. The number of nitrogens with two attached hydrogens (primary N) is 1. The SMILES string of the molecule is NCCCCCc1c(Cl)cc(Cl)cc1Cl. The molecule has 1 nitrogen and oxygen atoms in total. The quantitative estimate of drug-likeness (QED) is 0.789. The minimum absolute atomic E-state index is 0.579. The second-order valence-corrected chi connectivity index (χ2v) is 4.70. The molecule has 1 aromatic rings. The first-order chi connectivity index (χ1) is 7.15. The van der Waals surface area contributed by atoms with Crippen LogP contribution in [0.2, 0.25) is 15.1 Å². The second-order valence-electron chi connectivity index (χ2n) is 3.45. The summed E-state index contributed by atoms with van der Waals surface area (Å²) in [6, 6.07) is 3.46. The molecule has 0 aliphatic carbocycles. The van der Waals surface area contributed by atoms with E-state index in [9.17, 15) is 0 Å². The average molecular weight is 267 g/mol. The zero-order valence-corrected chi connectivity index (χ0v) is 10.7. The van der Waals surface area contributed by atoms with Gasteiger partial charge < -0.3 is 5.73 Å². The van der Waals surface area contributed by atoms with Crippen molar-refractivity contribution in [2.24, 2.45) is 5.73 Å². The Morgan fingerprint density at radius 3 is 2.07 bits per heavy atom. The zero-order chi connectivity index (χ0) is 11.3. The van der Waals surface area contributed by atoms with Crippen LogP contribution in [0.4, 0.5) is 0 Å². The molecule has 0 bridgehead atoms. The highest BCUT2D eigenvalue weighted by Crippen LogP contribution is 2.30. The van der Waals surface area contributed by atoms with E-state index in [1.165, 1.54) is 0 Å². The van der Waals surface area contributed by atoms with Gasteiger partial charge in [0.2, 0.25) is 0 Å². The molecule has 0 radical (unpaired) electrons. The topological polar surface area (TPSA) is 26.0 Å². The summed E-state index contributed by atoms with van der Waals surface area (Å²) in [6.45, 7) is 0.738. The maximum Gasteiger partial charge on any atom is 0.0467 e. The van der Waals surface area contributed by atoms with E-state index < -0.39 is 0 Å². The van der Waals surface area contributed by atoms with E-state index in [1.54, 1.807) is 12.1 Å². The molecule has 0 atom stereocenters. The molecule has 0 unspecified atom stereocenters. The van der Waals surface area contributed by atoms with Crippen LogP contribution in [0.5, 0.6) is 0 Å². The molecular weight excluding hydrogens is 252 g/mol. The summed E-state index contributed by atoms with van der Waals surface area (Å²) in [5.41, 5.74) is 6.40. The summed E-state index contributed by atoms with van der Waals surface area (Å²) in [6.07, 6.45) is 4.09. The Morgan fingerprint density at radius 1 is 0.933 bits per heavy atom. The molecule has 0 aromatic heterocycles. The molecule has 0 spiro atoms. The van der Waals surface area contributed by atoms with Crippen molar-refractivity contribution in [3.8, 4) is 0 Å². The molecule has 15 heavy (non-hydrogen) atoms. The molecule has 0 saturated carbocycles. The van der Waals surface area contributed by atoms with Crippen molar-refractivity contribution < 1.29 is 0 Å². The third-order valence-electron chi connectivity index (χ3n) is 2.24. The van der Waals surface area contributed by atoms with Crippen molar-refractivity contribution >= 4 is 34.8 Å². The van der Waals surface area contributed by atoms with Gasteiger partial charge in [0.05, 0.1) is 0 Å². The highest BCUT2D eigenvalue weighted by atomic mass is 35.5. The monoisotopic (exact) mass is 265 g/mol. The summed E-state index contributed by atoms with van der Waals surface area (Å²) >= 11 is 17.9. The molecule has 0 saturated heterocycles. The summed E-state index contributed by atoms with van der Waals surface area (Å²) in [5, 5.41) is 1.89. The number of rotatable bonds is 5. The summed E-state index contributed by atoms with van der Waals surface area (Å²) in [4.78, 5) is 0. The lowest BCUT2D eigenvalue weighted by Crippen LogP contribution is -1.98. The van der Waals surface area contributed by atoms with Gasteiger partial charge in [0.1, 0.15) is 0 Å². The van der Waals surface area contributed by atoms with Crippen molar-refractivity contribution in [2.45, 2.75) is 25.7 Å². The fourth-order valence-electron chi connectivity index (χ4n) is 1.43. The molecule has 0 amide bonds. The lowest BCUT2D eigenvalue weighted by atomic mass is 10.1. The van der Waals surface area contributed by atoms with E-state index in [0.717, 1.165) is 37.8 Å². The number of unbranched alkanes of at least 4 members (excludes halogenated alkanes) is 2. The van der Waals surface area contributed by atoms with E-state index >= 15 is 0 Å². The Labute approximate surface area is 106 Å². The number of hydrogen-bond donors (Lipinski definition) is 1. The van der Waals surface area contributed by atoms with Gasteiger partial charge in [-0.15, -0.1) is 0 Å². The first-order valence-corrected chi connectivity index (χ1v) is 6.12. The molecule has 4 heteroatoms. The first kappa shape index (κ1) is 13.1. The highest BCUT2D eigenvalue weighted by molar-refractivity contribution is 6.39. The third-order valence-corrected chi connectivity index (χ3v) is 3.13. The standard InChI is InChI=1S/C11H14Cl3N/c12-8-6-10(13)9(11(14)7-8)4-2-1-3-5-15/h6-7H,1-5,15H2. The molecule has 0 fully saturated rings. The van der Waals surface area contributed by atoms with Crippen LogP contribution in [-0.2, 0) is 6.42 Å². The Kier molecular flexibility index (Phi) is 5.77. The van der Waals surface area contributed by atoms with Gasteiger partial charge in [0, 0.05) is 15.1 Å². The number of benzene rings is 1. The molecule has 84 valence electrons. The predicted octanol–water partition coefficient (Wildman–Crippen LogP) is 4.32. The fourth-order valence-corrected chi connectivity index (χ4v) is 2.44. The largest absolute Gasteiger partial charge is 0.330 e. The maximum atomic E-state index is 6.05. The van der Waals surface area contributed by atoms with E-state index in [-0.39, 0.29) is 0 Å². The van der Waals surface area contributed by atoms with Crippen molar-refractivity contribution in [2.75, 3.05) is 6.54 Å². The zero-order valence-electron chi connectivity index (χ0n) is 8.40. The molecule has 2 N–H and O–H groups in total. The average Bonchev–Trinajstić information content (AvgIpc) is 2.15. The Morgan fingerprint density at radius 2 is 1.53 bits per heavy atom. The van der Waals surface area contributed by atoms with Crippen LogP contribution in [0.1, 0.15) is 24.8 Å². The minimum atomic E-state index is 0.579. The van der Waals surface area contributed by atoms with Gasteiger partial charge in [-0.3, -0.25) is 0 Å². The van der Waals surface area contributed by atoms with Gasteiger partial charge in [0.15, 0.2) is 0 Å². The van der Waals surface area contributed by atoms with Crippen LogP contribution in [0.15, 0.2) is 12.1 Å². The second kappa shape index (κ2) is 6.59. The van der Waals surface area contributed by atoms with Gasteiger partial charge in [-0.2, -0.15) is 0 Å². The third kappa shape index (κ3) is 4.20. The van der Waals surface area contributed by atoms with Gasteiger partial charge in [-0.1, -0.05) is 41.2 Å². The summed E-state index contributed by atoms with van der Waals surface area (Å²) in [7, 11) is 0. The van der Waals surface area contributed by atoms with E-state index in [2.05, 4.69) is 0 Å². The smallest absolute Gasteiger partial charge is 0.0467 e.